The molecule has 6 aromatic heterocycles. The number of nitrogens with zero attached hydrogens (tertiary/aromatic N) is 4. The number of amides is 2. The molecule has 3 saturated carbocycles. The highest BCUT2D eigenvalue weighted by Gasteiger charge is 2.74. The molecule has 14 aromatic rings. The Morgan fingerprint density at radius 2 is 0.423 bits per heavy atom. The number of benzene rings is 8. The van der Waals surface area contributed by atoms with Gasteiger partial charge in [0.25, 0.3) is 0 Å². The van der Waals surface area contributed by atoms with E-state index in [0.717, 1.165) is 179 Å². The van der Waals surface area contributed by atoms with Gasteiger partial charge in [-0.1, -0.05) is 204 Å². The Morgan fingerprint density at radius 3 is 0.622 bits per heavy atom. The van der Waals surface area contributed by atoms with Crippen LogP contribution < -0.4 is 10.6 Å². The fourth-order valence-corrected chi connectivity index (χ4v) is 17.2. The second-order valence-corrected chi connectivity index (χ2v) is 30.4. The second-order valence-electron chi connectivity index (χ2n) is 30.4. The summed E-state index contributed by atoms with van der Waals surface area (Å²) in [4.78, 5) is 66.6. The third kappa shape index (κ3) is 11.8. The van der Waals surface area contributed by atoms with Gasteiger partial charge in [0.05, 0.1) is 56.4 Å². The first-order chi connectivity index (χ1) is 54.3. The van der Waals surface area contributed by atoms with E-state index in [4.69, 9.17) is 19.9 Å². The van der Waals surface area contributed by atoms with Crippen molar-refractivity contribution in [2.24, 2.45) is 10.8 Å². The minimum Gasteiger partial charge on any atom is -0.354 e. The van der Waals surface area contributed by atoms with Crippen molar-refractivity contribution in [3.63, 3.8) is 0 Å². The number of nitrogens with one attached hydrogen (secondary N) is 6. The van der Waals surface area contributed by atoms with Gasteiger partial charge in [0, 0.05) is 100 Å². The van der Waals surface area contributed by atoms with Gasteiger partial charge in [-0.2, -0.15) is 0 Å². The number of hydrogen-bond donors (Lipinski definition) is 6. The quantitative estimate of drug-likeness (QED) is 0.0710. The Bertz CT molecular complexity index is 6180. The molecule has 0 saturated heterocycles. The molecule has 0 radical (unpaired) electrons. The Morgan fingerprint density at radius 1 is 0.243 bits per heavy atom. The molecule has 7 aliphatic rings. The van der Waals surface area contributed by atoms with Crippen molar-refractivity contribution in [3.05, 3.63) is 323 Å². The lowest BCUT2D eigenvalue weighted by atomic mass is 9.34. The van der Waals surface area contributed by atoms with Gasteiger partial charge >= 0.3 is 0 Å². The van der Waals surface area contributed by atoms with Crippen LogP contribution in [0.3, 0.4) is 0 Å². The van der Waals surface area contributed by atoms with Gasteiger partial charge in [-0.25, -0.2) is 19.9 Å². The second kappa shape index (κ2) is 26.4. The standard InChI is InChI=1S/C99H74N10O2/c1-58-15-23-64(24-16-58)90-76-43-39-72(102-76)88(62-11-7-5-8-12-62)73-40-44-77(103-73)91(65-25-17-59(2)18-26-65)81-48-52-85(107-81)94(84-51-47-80(90)106-84)68-31-35-70(36-32-68)100-96(110)98-55-99(56-98,57-98)97(111)101-71-37-33-69(34-38-71)95-86-53-49-82(108-86)92(66-27-19-60(3)20-28-66)78-45-41-74(104-78)89(63-13-9-6-10-14-63)75-42-46-79(105-75)93(83-50-54-87(95)109-83)67-29-21-61(4)22-30-67/h5-54,102,104,107,109H,55-57H2,1-4H3,(H,100,110)(H,101,111). The fraction of sp³-hybridized carbons (Fsp3) is 0.0909. The van der Waals surface area contributed by atoms with E-state index < -0.39 is 10.8 Å². The highest BCUT2D eigenvalue weighted by molar-refractivity contribution is 6.07. The summed E-state index contributed by atoms with van der Waals surface area (Å²) in [5.41, 5.74) is 34.3. The smallest absolute Gasteiger partial charge is 0.230 e. The van der Waals surface area contributed by atoms with Crippen molar-refractivity contribution in [3.8, 4) is 89.0 Å². The lowest BCUT2D eigenvalue weighted by Crippen LogP contribution is -2.70. The number of aromatic nitrogens is 8. The molecular formula is C99H74N10O2. The zero-order valence-electron chi connectivity index (χ0n) is 61.6. The van der Waals surface area contributed by atoms with Crippen molar-refractivity contribution >= 4 is 116 Å². The molecule has 0 atom stereocenters. The van der Waals surface area contributed by atoms with Crippen LogP contribution in [0.5, 0.6) is 0 Å². The lowest BCUT2D eigenvalue weighted by molar-refractivity contribution is -0.201. The van der Waals surface area contributed by atoms with Gasteiger partial charge < -0.3 is 30.6 Å². The molecule has 18 bridgehead atoms. The van der Waals surface area contributed by atoms with Crippen molar-refractivity contribution in [1.82, 2.24) is 39.9 Å². The van der Waals surface area contributed by atoms with Crippen molar-refractivity contribution < 1.29 is 9.59 Å². The molecule has 6 N–H and O–H groups in total. The number of rotatable bonds is 12. The van der Waals surface area contributed by atoms with Gasteiger partial charge in [-0.15, -0.1) is 0 Å². The monoisotopic (exact) mass is 1430 g/mol. The van der Waals surface area contributed by atoms with Gasteiger partial charge in [0.1, 0.15) is 0 Å². The molecule has 0 unspecified atom stereocenters. The Labute approximate surface area is 641 Å². The van der Waals surface area contributed by atoms with Gasteiger partial charge in [0.15, 0.2) is 0 Å². The number of carbonyl (C=O) groups is 2. The van der Waals surface area contributed by atoms with Crippen molar-refractivity contribution in [2.45, 2.75) is 47.0 Å². The number of H-pyrrole nitrogens is 4. The highest BCUT2D eigenvalue weighted by atomic mass is 16.2. The number of anilines is 2. The van der Waals surface area contributed by atoms with Crippen LogP contribution in [0.15, 0.2) is 255 Å². The molecule has 4 aliphatic heterocycles. The largest absolute Gasteiger partial charge is 0.354 e. The molecule has 10 heterocycles. The summed E-state index contributed by atoms with van der Waals surface area (Å²) >= 11 is 0. The van der Waals surface area contributed by atoms with Crippen molar-refractivity contribution in [2.75, 3.05) is 10.6 Å². The highest BCUT2D eigenvalue weighted by Crippen LogP contribution is 2.74. The fourth-order valence-electron chi connectivity index (χ4n) is 17.2. The molecule has 2 amide bonds. The maximum absolute atomic E-state index is 14.5. The van der Waals surface area contributed by atoms with E-state index in [0.29, 0.717) is 30.6 Å². The maximum Gasteiger partial charge on any atom is 0.230 e. The molecule has 3 fully saturated rings. The average Bonchev–Trinajstić information content (AvgIpc) is 1.23. The van der Waals surface area contributed by atoms with Crippen LogP contribution in [0.25, 0.3) is 182 Å². The third-order valence-electron chi connectivity index (χ3n) is 22.9. The van der Waals surface area contributed by atoms with E-state index in [-0.39, 0.29) is 11.8 Å². The lowest BCUT2D eigenvalue weighted by Gasteiger charge is -2.67. The summed E-state index contributed by atoms with van der Waals surface area (Å²) in [7, 11) is 0. The number of hydrogen-bond acceptors (Lipinski definition) is 6. The predicted molar refractivity (Wildman–Crippen MR) is 456 cm³/mol. The summed E-state index contributed by atoms with van der Waals surface area (Å²) in [5, 5.41) is 6.55. The number of aryl methyl sites for hydroxylation is 4. The van der Waals surface area contributed by atoms with Crippen LogP contribution in [0.1, 0.15) is 87.1 Å². The van der Waals surface area contributed by atoms with Gasteiger partial charge in [0.2, 0.25) is 11.8 Å². The third-order valence-corrected chi connectivity index (χ3v) is 22.9. The van der Waals surface area contributed by atoms with Crippen LogP contribution in [-0.2, 0) is 9.59 Å². The zero-order valence-corrected chi connectivity index (χ0v) is 61.6. The molecule has 12 heteroatoms. The van der Waals surface area contributed by atoms with E-state index in [1.54, 1.807) is 0 Å². The topological polar surface area (TPSA) is 173 Å². The first kappa shape index (κ1) is 66.3. The van der Waals surface area contributed by atoms with E-state index in [1.807, 2.05) is 36.4 Å². The molecule has 12 nitrogen and oxygen atoms in total. The summed E-state index contributed by atoms with van der Waals surface area (Å²) in [6.07, 6.45) is 18.3. The SMILES string of the molecule is Cc1ccc(-c2c3nc(c(-c4ccc(NC(=O)C56CC(C(=O)Nc7ccc(-c8c9nc(c(-c%10ccc(C)cc%10)c%10ccc([nH]%10)c(-c%10ccccc%10)c%10nc(c(-c%11ccc(C)cc%11)c%11ccc8[nH]%11)C=C%10)C=C9)cc7)(C5)C6)cc4)c4ccc([nH]4)c(-c4ccc(C)cc4)c4nc(c(-c5ccccc5)c5ccc2[nH]5)C=C4)C=C3)cc1. The summed E-state index contributed by atoms with van der Waals surface area (Å²) in [6.45, 7) is 8.42. The summed E-state index contributed by atoms with van der Waals surface area (Å²) < 4.78 is 0. The predicted octanol–water partition coefficient (Wildman–Crippen LogP) is 23.9. The number of fused-ring (bicyclic) bond motifs is 16. The van der Waals surface area contributed by atoms with Gasteiger partial charge in [-0.3, -0.25) is 9.59 Å². The first-order valence-corrected chi connectivity index (χ1v) is 37.9. The van der Waals surface area contributed by atoms with E-state index in [1.165, 1.54) is 22.3 Å². The van der Waals surface area contributed by atoms with E-state index in [9.17, 15) is 9.59 Å². The van der Waals surface area contributed by atoms with Gasteiger partial charge in [-0.05, 0) is 213 Å². The molecule has 0 spiro atoms. The van der Waals surface area contributed by atoms with E-state index in [2.05, 4.69) is 325 Å². The summed E-state index contributed by atoms with van der Waals surface area (Å²) in [6, 6.07) is 88.6. The van der Waals surface area contributed by atoms with Crippen LogP contribution in [0, 0.1) is 38.5 Å². The Hall–Kier alpha value is -14.1. The summed E-state index contributed by atoms with van der Waals surface area (Å²) in [5.74, 6) is -0.156. The molecule has 111 heavy (non-hydrogen) atoms. The molecular weight excluding hydrogens is 1360 g/mol. The zero-order chi connectivity index (χ0) is 74.6. The van der Waals surface area contributed by atoms with Crippen LogP contribution >= 0.6 is 0 Å². The van der Waals surface area contributed by atoms with Crippen LogP contribution in [0.2, 0.25) is 0 Å². The van der Waals surface area contributed by atoms with E-state index >= 15 is 0 Å². The first-order valence-electron chi connectivity index (χ1n) is 37.9. The minimum atomic E-state index is -0.647. The van der Waals surface area contributed by atoms with Crippen LogP contribution in [0.4, 0.5) is 11.4 Å². The normalized spacial score (nSPS) is 15.6. The molecule has 532 valence electrons. The minimum absolute atomic E-state index is 0.0779. The molecule has 21 rings (SSSR count). The number of carbonyl (C=O) groups excluding carboxylic acids is 2. The molecule has 3 aliphatic carbocycles. The Kier molecular flexibility index (Phi) is 15.8. The molecule has 8 aromatic carbocycles. The Balaban J connectivity index is 0.609. The van der Waals surface area contributed by atoms with Crippen LogP contribution in [-0.4, -0.2) is 51.7 Å². The maximum atomic E-state index is 14.5. The van der Waals surface area contributed by atoms with Crippen molar-refractivity contribution in [1.29, 1.82) is 0 Å². The average molecular weight is 1440 g/mol. The number of aromatic amines is 4.